The Bertz CT molecular complexity index is 1120. The van der Waals surface area contributed by atoms with Crippen LogP contribution in [-0.2, 0) is 6.54 Å². The van der Waals surface area contributed by atoms with E-state index in [1.54, 1.807) is 18.3 Å². The van der Waals surface area contributed by atoms with Crippen LogP contribution in [0.25, 0.3) is 27.9 Å². The molecule has 126 valence electrons. The lowest BCUT2D eigenvalue weighted by Gasteiger charge is -2.05. The highest BCUT2D eigenvalue weighted by atomic mass is 19.1. The van der Waals surface area contributed by atoms with Crippen molar-refractivity contribution in [3.05, 3.63) is 53.0 Å². The van der Waals surface area contributed by atoms with Crippen LogP contribution in [0.15, 0.2) is 41.6 Å². The molecule has 1 aromatic carbocycles. The number of nitrogens with zero attached hydrogens (tertiary/aromatic N) is 6. The van der Waals surface area contributed by atoms with Crippen LogP contribution in [0.2, 0.25) is 0 Å². The van der Waals surface area contributed by atoms with E-state index in [1.165, 1.54) is 27.5 Å². The Morgan fingerprint density at radius 2 is 1.92 bits per heavy atom. The Morgan fingerprint density at radius 1 is 1.12 bits per heavy atom. The zero-order valence-corrected chi connectivity index (χ0v) is 13.6. The van der Waals surface area contributed by atoms with Crippen molar-refractivity contribution in [3.8, 4) is 11.1 Å². The van der Waals surface area contributed by atoms with E-state index in [-0.39, 0.29) is 16.9 Å². The molecule has 0 spiro atoms. The van der Waals surface area contributed by atoms with Gasteiger partial charge in [-0.1, -0.05) is 25.5 Å². The quantitative estimate of drug-likeness (QED) is 0.571. The average Bonchev–Trinajstić information content (AvgIpc) is 3.06. The number of aryl methyl sites for hydroxylation is 1. The van der Waals surface area contributed by atoms with Crippen molar-refractivity contribution in [2.75, 3.05) is 0 Å². The van der Waals surface area contributed by atoms with Crippen LogP contribution < -0.4 is 5.56 Å². The molecule has 0 saturated carbocycles. The minimum Gasteiger partial charge on any atom is -0.297 e. The molecule has 4 aromatic rings. The number of hydrogen-bond donors (Lipinski definition) is 0. The molecule has 0 unspecified atom stereocenters. The molecule has 0 N–H and O–H groups in total. The van der Waals surface area contributed by atoms with Gasteiger partial charge in [0.1, 0.15) is 12.1 Å². The third-order valence-electron chi connectivity index (χ3n) is 4.09. The molecule has 0 radical (unpaired) electrons. The molecular weight excluding hydrogens is 323 g/mol. The molecule has 7 nitrogen and oxygen atoms in total. The second kappa shape index (κ2) is 6.04. The molecule has 0 aliphatic heterocycles. The van der Waals surface area contributed by atoms with E-state index >= 15 is 0 Å². The van der Waals surface area contributed by atoms with Crippen LogP contribution in [0.3, 0.4) is 0 Å². The molecule has 3 aromatic heterocycles. The maximum Gasteiger partial charge on any atom is 0.283 e. The van der Waals surface area contributed by atoms with Crippen molar-refractivity contribution < 1.29 is 4.39 Å². The molecule has 0 amide bonds. The number of rotatable bonds is 4. The van der Waals surface area contributed by atoms with Gasteiger partial charge < -0.3 is 0 Å². The SMILES string of the molecule is CCCCn1cnc2c(nnc3c(-c4ccc(F)cc4)cnn32)c1=O. The molecule has 0 saturated heterocycles. The first-order chi connectivity index (χ1) is 12.2. The number of fused-ring (bicyclic) bond motifs is 3. The number of benzene rings is 1. The Labute approximate surface area is 141 Å². The highest BCUT2D eigenvalue weighted by Gasteiger charge is 2.15. The summed E-state index contributed by atoms with van der Waals surface area (Å²) < 4.78 is 16.2. The normalized spacial score (nSPS) is 11.4. The fraction of sp³-hybridized carbons (Fsp3) is 0.235. The minimum atomic E-state index is -0.314. The van der Waals surface area contributed by atoms with Crippen LogP contribution in [0, 0.1) is 5.82 Å². The van der Waals surface area contributed by atoms with Crippen molar-refractivity contribution in [2.24, 2.45) is 0 Å². The van der Waals surface area contributed by atoms with Crippen LogP contribution in [0.4, 0.5) is 4.39 Å². The topological polar surface area (TPSA) is 78.0 Å². The highest BCUT2D eigenvalue weighted by molar-refractivity contribution is 5.80. The second-order valence-electron chi connectivity index (χ2n) is 5.77. The zero-order valence-electron chi connectivity index (χ0n) is 13.6. The molecule has 0 fully saturated rings. The fourth-order valence-electron chi connectivity index (χ4n) is 2.72. The Kier molecular flexibility index (Phi) is 3.72. The summed E-state index contributed by atoms with van der Waals surface area (Å²) in [5.41, 5.74) is 2.24. The van der Waals surface area contributed by atoms with Gasteiger partial charge in [0.2, 0.25) is 0 Å². The van der Waals surface area contributed by atoms with Gasteiger partial charge in [-0.2, -0.15) is 9.61 Å². The Hall–Kier alpha value is -3.16. The van der Waals surface area contributed by atoms with Crippen molar-refractivity contribution in [1.29, 1.82) is 0 Å². The molecule has 25 heavy (non-hydrogen) atoms. The van der Waals surface area contributed by atoms with E-state index in [1.807, 2.05) is 0 Å². The van der Waals surface area contributed by atoms with Crippen LogP contribution >= 0.6 is 0 Å². The van der Waals surface area contributed by atoms with E-state index in [4.69, 9.17) is 0 Å². The predicted molar refractivity (Wildman–Crippen MR) is 90.6 cm³/mol. The first kappa shape index (κ1) is 15.4. The van der Waals surface area contributed by atoms with Gasteiger partial charge in [0.15, 0.2) is 16.8 Å². The first-order valence-corrected chi connectivity index (χ1v) is 8.04. The average molecular weight is 338 g/mol. The number of unbranched alkanes of at least 4 members (excludes halogenated alkanes) is 1. The molecule has 0 atom stereocenters. The van der Waals surface area contributed by atoms with E-state index in [0.717, 1.165) is 18.4 Å². The lowest BCUT2D eigenvalue weighted by Crippen LogP contribution is -2.23. The largest absolute Gasteiger partial charge is 0.297 e. The summed E-state index contributed by atoms with van der Waals surface area (Å²) in [6.07, 6.45) is 5.00. The summed E-state index contributed by atoms with van der Waals surface area (Å²) in [6, 6.07) is 6.04. The highest BCUT2D eigenvalue weighted by Crippen LogP contribution is 2.24. The molecule has 4 rings (SSSR count). The van der Waals surface area contributed by atoms with E-state index < -0.39 is 0 Å². The summed E-state index contributed by atoms with van der Waals surface area (Å²) in [5, 5.41) is 12.5. The van der Waals surface area contributed by atoms with Gasteiger partial charge in [-0.3, -0.25) is 9.36 Å². The van der Waals surface area contributed by atoms with Crippen molar-refractivity contribution in [3.63, 3.8) is 0 Å². The summed E-state index contributed by atoms with van der Waals surface area (Å²) in [5.74, 6) is -0.314. The van der Waals surface area contributed by atoms with E-state index in [0.29, 0.717) is 23.4 Å². The van der Waals surface area contributed by atoms with Crippen LogP contribution in [0.5, 0.6) is 0 Å². The van der Waals surface area contributed by atoms with Gasteiger partial charge in [-0.25, -0.2) is 9.37 Å². The third kappa shape index (κ3) is 2.55. The van der Waals surface area contributed by atoms with Crippen LogP contribution in [0.1, 0.15) is 19.8 Å². The van der Waals surface area contributed by atoms with Crippen LogP contribution in [-0.4, -0.2) is 29.4 Å². The van der Waals surface area contributed by atoms with Crippen molar-refractivity contribution in [2.45, 2.75) is 26.3 Å². The molecular formula is C17H15FN6O. The summed E-state index contributed by atoms with van der Waals surface area (Å²) in [7, 11) is 0. The number of hydrogen-bond acceptors (Lipinski definition) is 5. The number of aromatic nitrogens is 6. The monoisotopic (exact) mass is 338 g/mol. The van der Waals surface area contributed by atoms with Gasteiger partial charge in [-0.05, 0) is 24.1 Å². The zero-order chi connectivity index (χ0) is 17.4. The third-order valence-corrected chi connectivity index (χ3v) is 4.09. The minimum absolute atomic E-state index is 0.180. The first-order valence-electron chi connectivity index (χ1n) is 8.04. The molecule has 8 heteroatoms. The smallest absolute Gasteiger partial charge is 0.283 e. The number of halogens is 1. The molecule has 0 bridgehead atoms. The van der Waals surface area contributed by atoms with Crippen molar-refractivity contribution >= 4 is 16.8 Å². The standard InChI is InChI=1S/C17H15FN6O/c1-2-3-8-23-10-19-16-14(17(23)25)21-22-15-13(9-20-24(15)16)11-4-6-12(18)7-5-11/h4-7,9-10H,2-3,8H2,1H3. The van der Waals surface area contributed by atoms with Gasteiger partial charge in [0.05, 0.1) is 6.20 Å². The van der Waals surface area contributed by atoms with Crippen molar-refractivity contribution in [1.82, 2.24) is 29.4 Å². The summed E-state index contributed by atoms with van der Waals surface area (Å²) in [4.78, 5) is 16.9. The Morgan fingerprint density at radius 3 is 2.68 bits per heavy atom. The molecule has 0 aliphatic rings. The fourth-order valence-corrected chi connectivity index (χ4v) is 2.72. The maximum atomic E-state index is 13.1. The lowest BCUT2D eigenvalue weighted by atomic mass is 10.1. The van der Waals surface area contributed by atoms with Gasteiger partial charge in [0, 0.05) is 12.1 Å². The lowest BCUT2D eigenvalue weighted by molar-refractivity contribution is 0.605. The molecule has 0 aliphatic carbocycles. The summed E-state index contributed by atoms with van der Waals surface area (Å²) in [6.45, 7) is 2.65. The van der Waals surface area contributed by atoms with E-state index in [9.17, 15) is 9.18 Å². The van der Waals surface area contributed by atoms with Gasteiger partial charge >= 0.3 is 0 Å². The molecule has 3 heterocycles. The van der Waals surface area contributed by atoms with Gasteiger partial charge in [0.25, 0.3) is 5.56 Å². The summed E-state index contributed by atoms with van der Waals surface area (Å²) >= 11 is 0. The van der Waals surface area contributed by atoms with E-state index in [2.05, 4.69) is 27.2 Å². The second-order valence-corrected chi connectivity index (χ2v) is 5.77. The predicted octanol–water partition coefficient (Wildman–Crippen LogP) is 2.44. The maximum absolute atomic E-state index is 13.1. The Balaban J connectivity index is 1.89. The van der Waals surface area contributed by atoms with Gasteiger partial charge in [-0.15, -0.1) is 10.2 Å².